The van der Waals surface area contributed by atoms with Crippen molar-refractivity contribution in [2.45, 2.75) is 33.2 Å². The average Bonchev–Trinajstić information content (AvgIpc) is 2.52. The van der Waals surface area contributed by atoms with Crippen LogP contribution in [0.2, 0.25) is 0 Å². The van der Waals surface area contributed by atoms with Crippen LogP contribution in [0.4, 0.5) is 0 Å². The number of benzene rings is 1. The third-order valence-electron chi connectivity index (χ3n) is 3.73. The van der Waals surface area contributed by atoms with E-state index in [1.165, 1.54) is 0 Å². The molecule has 0 bridgehead atoms. The van der Waals surface area contributed by atoms with E-state index in [0.29, 0.717) is 18.4 Å². The van der Waals surface area contributed by atoms with Crippen molar-refractivity contribution in [1.29, 1.82) is 0 Å². The summed E-state index contributed by atoms with van der Waals surface area (Å²) in [5, 5.41) is 2.81. The summed E-state index contributed by atoms with van der Waals surface area (Å²) in [4.78, 5) is 26.6. The van der Waals surface area contributed by atoms with Gasteiger partial charge >= 0.3 is 0 Å². The predicted octanol–water partition coefficient (Wildman–Crippen LogP) is 2.25. The van der Waals surface area contributed by atoms with Crippen LogP contribution in [0.25, 0.3) is 0 Å². The second-order valence-corrected chi connectivity index (χ2v) is 5.57. The first-order valence-electron chi connectivity index (χ1n) is 7.58. The molecule has 5 heteroatoms. The molecule has 0 saturated heterocycles. The number of rotatable bonds is 6. The molecule has 0 radical (unpaired) electrons. The third kappa shape index (κ3) is 4.71. The normalized spacial score (nSPS) is 10.4. The van der Waals surface area contributed by atoms with E-state index in [1.807, 2.05) is 44.2 Å². The number of amides is 1. The Morgan fingerprint density at radius 3 is 2.74 bits per heavy atom. The average molecular weight is 314 g/mol. The number of aromatic amines is 1. The maximum absolute atomic E-state index is 12.0. The summed E-state index contributed by atoms with van der Waals surface area (Å²) < 4.78 is 5.16. The zero-order valence-electron chi connectivity index (χ0n) is 13.7. The molecule has 2 rings (SSSR count). The first-order valence-corrected chi connectivity index (χ1v) is 7.58. The summed E-state index contributed by atoms with van der Waals surface area (Å²) >= 11 is 0. The van der Waals surface area contributed by atoms with Gasteiger partial charge < -0.3 is 15.0 Å². The van der Waals surface area contributed by atoms with Crippen LogP contribution in [-0.4, -0.2) is 18.0 Å². The van der Waals surface area contributed by atoms with Crippen molar-refractivity contribution in [2.75, 3.05) is 7.11 Å². The number of aryl methyl sites for hydroxylation is 3. The van der Waals surface area contributed by atoms with Gasteiger partial charge in [-0.05, 0) is 49.6 Å². The Labute approximate surface area is 135 Å². The molecule has 0 aliphatic heterocycles. The highest BCUT2D eigenvalue weighted by atomic mass is 16.5. The zero-order valence-corrected chi connectivity index (χ0v) is 13.7. The van der Waals surface area contributed by atoms with Gasteiger partial charge in [0.2, 0.25) is 5.91 Å². The first kappa shape index (κ1) is 16.8. The lowest BCUT2D eigenvalue weighted by Crippen LogP contribution is -2.28. The largest absolute Gasteiger partial charge is 0.497 e. The van der Waals surface area contributed by atoms with E-state index in [2.05, 4.69) is 10.3 Å². The van der Waals surface area contributed by atoms with Gasteiger partial charge in [0.15, 0.2) is 0 Å². The molecule has 2 N–H and O–H groups in total. The molecular weight excluding hydrogens is 292 g/mol. The molecule has 1 heterocycles. The second kappa shape index (κ2) is 7.63. The summed E-state index contributed by atoms with van der Waals surface area (Å²) in [7, 11) is 1.62. The Bertz CT molecular complexity index is 750. The Morgan fingerprint density at radius 1 is 1.26 bits per heavy atom. The molecule has 0 spiro atoms. The quantitative estimate of drug-likeness (QED) is 0.859. The van der Waals surface area contributed by atoms with Crippen molar-refractivity contribution in [1.82, 2.24) is 10.3 Å². The van der Waals surface area contributed by atoms with Crippen molar-refractivity contribution in [3.8, 4) is 5.75 Å². The van der Waals surface area contributed by atoms with Gasteiger partial charge in [-0.3, -0.25) is 9.59 Å². The van der Waals surface area contributed by atoms with E-state index in [-0.39, 0.29) is 18.0 Å². The van der Waals surface area contributed by atoms with Crippen LogP contribution in [-0.2, 0) is 17.8 Å². The van der Waals surface area contributed by atoms with E-state index in [4.69, 9.17) is 4.74 Å². The summed E-state index contributed by atoms with van der Waals surface area (Å²) in [6.07, 6.45) is 1.00. The molecule has 23 heavy (non-hydrogen) atoms. The predicted molar refractivity (Wildman–Crippen MR) is 89.7 cm³/mol. The van der Waals surface area contributed by atoms with Crippen molar-refractivity contribution in [2.24, 2.45) is 0 Å². The smallest absolute Gasteiger partial charge is 0.253 e. The Morgan fingerprint density at radius 2 is 2.04 bits per heavy atom. The van der Waals surface area contributed by atoms with Gasteiger partial charge in [-0.25, -0.2) is 0 Å². The van der Waals surface area contributed by atoms with E-state index in [9.17, 15) is 9.59 Å². The number of hydrogen-bond acceptors (Lipinski definition) is 3. The molecule has 0 atom stereocenters. The highest BCUT2D eigenvalue weighted by Crippen LogP contribution is 2.13. The van der Waals surface area contributed by atoms with Crippen molar-refractivity contribution < 1.29 is 9.53 Å². The minimum Gasteiger partial charge on any atom is -0.497 e. The number of nitrogens with one attached hydrogen (secondary N) is 2. The fourth-order valence-corrected chi connectivity index (χ4v) is 2.46. The minimum absolute atomic E-state index is 0.0767. The van der Waals surface area contributed by atoms with Crippen LogP contribution in [0.15, 0.2) is 35.1 Å². The number of methoxy groups -OCH3 is 1. The fourth-order valence-electron chi connectivity index (χ4n) is 2.46. The van der Waals surface area contributed by atoms with Crippen LogP contribution in [0.1, 0.15) is 28.8 Å². The van der Waals surface area contributed by atoms with Crippen LogP contribution < -0.4 is 15.6 Å². The fraction of sp³-hybridized carbons (Fsp3) is 0.333. The van der Waals surface area contributed by atoms with E-state index in [1.54, 1.807) is 7.11 Å². The molecule has 1 aromatic carbocycles. The summed E-state index contributed by atoms with van der Waals surface area (Å²) in [6, 6.07) is 9.56. The molecular formula is C18H22N2O3. The molecule has 0 fully saturated rings. The Kier molecular flexibility index (Phi) is 5.57. The van der Waals surface area contributed by atoms with Gasteiger partial charge in [0, 0.05) is 24.2 Å². The van der Waals surface area contributed by atoms with Gasteiger partial charge in [0.1, 0.15) is 5.75 Å². The van der Waals surface area contributed by atoms with E-state index >= 15 is 0 Å². The molecule has 1 amide bonds. The number of carbonyl (C=O) groups is 1. The van der Waals surface area contributed by atoms with Crippen LogP contribution in [0.3, 0.4) is 0 Å². The number of hydrogen-bond donors (Lipinski definition) is 2. The number of aromatic nitrogens is 1. The summed E-state index contributed by atoms with van der Waals surface area (Å²) in [5.74, 6) is 0.705. The molecule has 122 valence electrons. The van der Waals surface area contributed by atoms with Gasteiger partial charge in [0.25, 0.3) is 5.56 Å². The zero-order chi connectivity index (χ0) is 16.8. The number of carbonyl (C=O) groups excluding carboxylic acids is 1. The third-order valence-corrected chi connectivity index (χ3v) is 3.73. The van der Waals surface area contributed by atoms with Gasteiger partial charge in [-0.1, -0.05) is 12.1 Å². The summed E-state index contributed by atoms with van der Waals surface area (Å²) in [5.41, 5.74) is 3.21. The molecule has 1 aromatic heterocycles. The minimum atomic E-state index is -0.143. The van der Waals surface area contributed by atoms with E-state index < -0.39 is 0 Å². The SMILES string of the molecule is COc1cccc(CCC(=O)NCc2c(C)cc(C)[nH]c2=O)c1. The molecule has 0 aliphatic carbocycles. The number of ether oxygens (including phenoxy) is 1. The standard InChI is InChI=1S/C18H22N2O3/c1-12-9-13(2)20-18(22)16(12)11-19-17(21)8-7-14-5-4-6-15(10-14)23-3/h4-6,9-10H,7-8,11H2,1-3H3,(H,19,21)(H,20,22). The molecule has 0 unspecified atom stereocenters. The Hall–Kier alpha value is -2.56. The highest BCUT2D eigenvalue weighted by molar-refractivity contribution is 5.76. The van der Waals surface area contributed by atoms with Gasteiger partial charge in [-0.2, -0.15) is 0 Å². The van der Waals surface area contributed by atoms with Crippen molar-refractivity contribution in [3.05, 3.63) is 63.1 Å². The Balaban J connectivity index is 1.89. The molecule has 5 nitrogen and oxygen atoms in total. The number of H-pyrrole nitrogens is 1. The monoisotopic (exact) mass is 314 g/mol. The number of pyridine rings is 1. The van der Waals surface area contributed by atoms with Gasteiger partial charge in [-0.15, -0.1) is 0 Å². The summed E-state index contributed by atoms with van der Waals surface area (Å²) in [6.45, 7) is 3.96. The van der Waals surface area contributed by atoms with Crippen LogP contribution >= 0.6 is 0 Å². The highest BCUT2D eigenvalue weighted by Gasteiger charge is 2.08. The van der Waals surface area contributed by atoms with Crippen LogP contribution in [0, 0.1) is 13.8 Å². The maximum Gasteiger partial charge on any atom is 0.253 e. The van der Waals surface area contributed by atoms with Gasteiger partial charge in [0.05, 0.1) is 7.11 Å². The molecule has 0 saturated carbocycles. The van der Waals surface area contributed by atoms with Crippen molar-refractivity contribution in [3.63, 3.8) is 0 Å². The molecule has 2 aromatic rings. The lowest BCUT2D eigenvalue weighted by atomic mass is 10.1. The lowest BCUT2D eigenvalue weighted by Gasteiger charge is -2.08. The van der Waals surface area contributed by atoms with Crippen molar-refractivity contribution >= 4 is 5.91 Å². The lowest BCUT2D eigenvalue weighted by molar-refractivity contribution is -0.121. The second-order valence-electron chi connectivity index (χ2n) is 5.57. The molecule has 0 aliphatic rings. The van der Waals surface area contributed by atoms with E-state index in [0.717, 1.165) is 22.6 Å². The maximum atomic E-state index is 12.0. The topological polar surface area (TPSA) is 71.2 Å². The first-order chi connectivity index (χ1) is 11.0. The van der Waals surface area contributed by atoms with Crippen LogP contribution in [0.5, 0.6) is 5.75 Å².